The molecule has 0 amide bonds. The number of hydrogen-bond donors (Lipinski definition) is 0. The van der Waals surface area contributed by atoms with Gasteiger partial charge < -0.3 is 9.47 Å². The van der Waals surface area contributed by atoms with Crippen LogP contribution in [0.2, 0.25) is 0 Å². The standard InChI is InChI=1S/C23H20FNO4/c1-3-28-22(26)19-13-20(17-10-7-11-18(24)12-17)25-15(2)21(19)23(27)29-14-16-8-5-4-6-9-16/h4-13H,3,14H2,1-2H3. The van der Waals surface area contributed by atoms with Crippen molar-refractivity contribution in [2.75, 3.05) is 6.61 Å². The number of halogens is 1. The van der Waals surface area contributed by atoms with Crippen LogP contribution in [0.15, 0.2) is 60.7 Å². The minimum atomic E-state index is -0.673. The molecule has 0 aliphatic rings. The first-order valence-corrected chi connectivity index (χ1v) is 9.15. The number of ether oxygens (including phenoxy) is 2. The maximum absolute atomic E-state index is 13.6. The molecule has 5 nitrogen and oxygen atoms in total. The van der Waals surface area contributed by atoms with E-state index >= 15 is 0 Å². The quantitative estimate of drug-likeness (QED) is 0.567. The van der Waals surface area contributed by atoms with Gasteiger partial charge in [0.2, 0.25) is 0 Å². The second-order valence-electron chi connectivity index (χ2n) is 6.31. The molecule has 0 radical (unpaired) electrons. The molecule has 0 N–H and O–H groups in total. The summed E-state index contributed by atoms with van der Waals surface area (Å²) in [5.41, 5.74) is 2.05. The molecule has 3 aromatic rings. The summed E-state index contributed by atoms with van der Waals surface area (Å²) >= 11 is 0. The molecule has 0 aliphatic heterocycles. The number of carbonyl (C=O) groups excluding carboxylic acids is 2. The molecule has 2 aromatic carbocycles. The van der Waals surface area contributed by atoms with Gasteiger partial charge in [0.25, 0.3) is 0 Å². The van der Waals surface area contributed by atoms with Crippen LogP contribution in [0.4, 0.5) is 4.39 Å². The molecule has 29 heavy (non-hydrogen) atoms. The van der Waals surface area contributed by atoms with E-state index < -0.39 is 17.8 Å². The van der Waals surface area contributed by atoms with Gasteiger partial charge in [-0.15, -0.1) is 0 Å². The van der Waals surface area contributed by atoms with Gasteiger partial charge in [-0.1, -0.05) is 42.5 Å². The van der Waals surface area contributed by atoms with Crippen molar-refractivity contribution < 1.29 is 23.5 Å². The zero-order valence-electron chi connectivity index (χ0n) is 16.1. The second-order valence-corrected chi connectivity index (χ2v) is 6.31. The summed E-state index contributed by atoms with van der Waals surface area (Å²) in [5.74, 6) is -1.76. The highest BCUT2D eigenvalue weighted by atomic mass is 19.1. The fourth-order valence-electron chi connectivity index (χ4n) is 2.89. The van der Waals surface area contributed by atoms with E-state index in [1.165, 1.54) is 18.2 Å². The minimum Gasteiger partial charge on any atom is -0.462 e. The molecule has 0 atom stereocenters. The lowest BCUT2D eigenvalue weighted by atomic mass is 10.0. The minimum absolute atomic E-state index is 0.0386. The highest BCUT2D eigenvalue weighted by molar-refractivity contribution is 6.04. The number of aromatic nitrogens is 1. The fraction of sp³-hybridized carbons (Fsp3) is 0.174. The van der Waals surface area contributed by atoms with E-state index in [2.05, 4.69) is 4.98 Å². The van der Waals surface area contributed by atoms with Gasteiger partial charge in [-0.2, -0.15) is 0 Å². The molecule has 6 heteroatoms. The van der Waals surface area contributed by atoms with Crippen LogP contribution in [-0.4, -0.2) is 23.5 Å². The predicted molar refractivity (Wildman–Crippen MR) is 106 cm³/mol. The zero-order valence-corrected chi connectivity index (χ0v) is 16.1. The number of carbonyl (C=O) groups is 2. The number of esters is 2. The van der Waals surface area contributed by atoms with Crippen molar-refractivity contribution in [3.05, 3.63) is 88.9 Å². The average Bonchev–Trinajstić information content (AvgIpc) is 2.72. The van der Waals surface area contributed by atoms with E-state index in [1.54, 1.807) is 26.0 Å². The molecule has 0 fully saturated rings. The highest BCUT2D eigenvalue weighted by Gasteiger charge is 2.24. The molecule has 0 saturated heterocycles. The Morgan fingerprint density at radius 3 is 2.41 bits per heavy atom. The lowest BCUT2D eigenvalue weighted by Gasteiger charge is -2.13. The van der Waals surface area contributed by atoms with E-state index in [1.807, 2.05) is 30.3 Å². The molecule has 148 valence electrons. The van der Waals surface area contributed by atoms with Crippen LogP contribution in [0.3, 0.4) is 0 Å². The molecule has 1 heterocycles. The Hall–Kier alpha value is -3.54. The van der Waals surface area contributed by atoms with Crippen molar-refractivity contribution in [3.63, 3.8) is 0 Å². The number of rotatable bonds is 6. The number of nitrogens with zero attached hydrogens (tertiary/aromatic N) is 1. The Labute approximate surface area is 168 Å². The van der Waals surface area contributed by atoms with Crippen LogP contribution < -0.4 is 0 Å². The van der Waals surface area contributed by atoms with Crippen LogP contribution in [0.25, 0.3) is 11.3 Å². The zero-order chi connectivity index (χ0) is 20.8. The van der Waals surface area contributed by atoms with Crippen molar-refractivity contribution in [2.24, 2.45) is 0 Å². The Morgan fingerprint density at radius 2 is 1.72 bits per heavy atom. The highest BCUT2D eigenvalue weighted by Crippen LogP contribution is 2.25. The smallest absolute Gasteiger partial charge is 0.341 e. The normalized spacial score (nSPS) is 10.4. The van der Waals surface area contributed by atoms with Crippen LogP contribution in [0, 0.1) is 12.7 Å². The van der Waals surface area contributed by atoms with E-state index in [9.17, 15) is 14.0 Å². The molecule has 1 aromatic heterocycles. The van der Waals surface area contributed by atoms with Crippen molar-refractivity contribution in [3.8, 4) is 11.3 Å². The summed E-state index contributed by atoms with van der Waals surface area (Å²) in [4.78, 5) is 29.6. The maximum Gasteiger partial charge on any atom is 0.341 e. The number of aryl methyl sites for hydroxylation is 1. The molecular formula is C23H20FNO4. The molecule has 0 spiro atoms. The molecule has 3 rings (SSSR count). The third-order valence-electron chi connectivity index (χ3n) is 4.23. The Kier molecular flexibility index (Phi) is 6.34. The Balaban J connectivity index is 1.98. The van der Waals surface area contributed by atoms with E-state index in [0.717, 1.165) is 5.56 Å². The van der Waals surface area contributed by atoms with Gasteiger partial charge in [0.1, 0.15) is 12.4 Å². The van der Waals surface area contributed by atoms with E-state index in [0.29, 0.717) is 17.0 Å². The van der Waals surface area contributed by atoms with Gasteiger partial charge in [-0.25, -0.2) is 14.0 Å². The van der Waals surface area contributed by atoms with Gasteiger partial charge >= 0.3 is 11.9 Å². The summed E-state index contributed by atoms with van der Waals surface area (Å²) in [6.45, 7) is 3.48. The fourth-order valence-corrected chi connectivity index (χ4v) is 2.89. The molecule has 0 bridgehead atoms. The van der Waals surface area contributed by atoms with E-state index in [-0.39, 0.29) is 24.3 Å². The largest absolute Gasteiger partial charge is 0.462 e. The van der Waals surface area contributed by atoms with Gasteiger partial charge in [0.15, 0.2) is 0 Å². The first-order chi connectivity index (χ1) is 14.0. The third-order valence-corrected chi connectivity index (χ3v) is 4.23. The predicted octanol–water partition coefficient (Wildman–Crippen LogP) is 4.73. The first kappa shape index (κ1) is 20.2. The molecule has 0 aliphatic carbocycles. The van der Waals surface area contributed by atoms with Gasteiger partial charge in [0, 0.05) is 5.56 Å². The summed E-state index contributed by atoms with van der Waals surface area (Å²) in [7, 11) is 0. The average molecular weight is 393 g/mol. The monoisotopic (exact) mass is 393 g/mol. The summed E-state index contributed by atoms with van der Waals surface area (Å²) in [6, 6.07) is 16.5. The van der Waals surface area contributed by atoms with Gasteiger partial charge in [-0.05, 0) is 37.6 Å². The lowest BCUT2D eigenvalue weighted by Crippen LogP contribution is -2.17. The van der Waals surface area contributed by atoms with Crippen molar-refractivity contribution in [2.45, 2.75) is 20.5 Å². The van der Waals surface area contributed by atoms with E-state index in [4.69, 9.17) is 9.47 Å². The van der Waals surface area contributed by atoms with Crippen LogP contribution >= 0.6 is 0 Å². The summed E-state index contributed by atoms with van der Waals surface area (Å²) in [6.07, 6.45) is 0. The van der Waals surface area contributed by atoms with Gasteiger partial charge in [0.05, 0.1) is 29.1 Å². The molecule has 0 saturated carbocycles. The van der Waals surface area contributed by atoms with Crippen molar-refractivity contribution in [1.82, 2.24) is 4.98 Å². The van der Waals surface area contributed by atoms with Crippen LogP contribution in [0.1, 0.15) is 38.9 Å². The third kappa shape index (κ3) is 4.85. The van der Waals surface area contributed by atoms with Crippen molar-refractivity contribution >= 4 is 11.9 Å². The SMILES string of the molecule is CCOC(=O)c1cc(-c2cccc(F)c2)nc(C)c1C(=O)OCc1ccccc1. The topological polar surface area (TPSA) is 65.5 Å². The second kappa shape index (κ2) is 9.10. The van der Waals surface area contributed by atoms with Gasteiger partial charge in [-0.3, -0.25) is 4.98 Å². The Bertz CT molecular complexity index is 1030. The maximum atomic E-state index is 13.6. The number of benzene rings is 2. The van der Waals surface area contributed by atoms with Crippen LogP contribution in [0.5, 0.6) is 0 Å². The van der Waals surface area contributed by atoms with Crippen molar-refractivity contribution in [1.29, 1.82) is 0 Å². The molecular weight excluding hydrogens is 373 g/mol. The summed E-state index contributed by atoms with van der Waals surface area (Å²) < 4.78 is 24.1. The number of hydrogen-bond acceptors (Lipinski definition) is 5. The lowest BCUT2D eigenvalue weighted by molar-refractivity contribution is 0.0443. The number of pyridine rings is 1. The first-order valence-electron chi connectivity index (χ1n) is 9.15. The Morgan fingerprint density at radius 1 is 0.966 bits per heavy atom. The summed E-state index contributed by atoms with van der Waals surface area (Å²) in [5, 5.41) is 0. The molecule has 0 unspecified atom stereocenters. The van der Waals surface area contributed by atoms with Crippen LogP contribution in [-0.2, 0) is 16.1 Å².